The number of hydrogen-bond donors (Lipinski definition) is 4. The zero-order valence-electron chi connectivity index (χ0n) is 36.8. The van der Waals surface area contributed by atoms with Gasteiger partial charge in [0.2, 0.25) is 5.91 Å². The highest BCUT2D eigenvalue weighted by Gasteiger charge is 2.26. The Labute approximate surface area is 343 Å². The Bertz CT molecular complexity index is 855. The first-order valence-corrected chi connectivity index (χ1v) is 24.3. The Morgan fingerprint density at radius 2 is 0.745 bits per heavy atom. The molecule has 1 amide bonds. The third-order valence-electron chi connectivity index (χ3n) is 11.2. The molecule has 4 N–H and O–H groups in total. The predicted octanol–water partition coefficient (Wildman–Crippen LogP) is 14.3. The van der Waals surface area contributed by atoms with Crippen LogP contribution in [-0.4, -0.2) is 46.1 Å². The monoisotopic (exact) mass is 774 g/mol. The van der Waals surface area contributed by atoms with E-state index < -0.39 is 18.2 Å². The van der Waals surface area contributed by atoms with Gasteiger partial charge in [-0.2, -0.15) is 0 Å². The molecule has 0 rings (SSSR count). The van der Waals surface area contributed by atoms with Crippen molar-refractivity contribution in [2.45, 2.75) is 270 Å². The van der Waals surface area contributed by atoms with Crippen LogP contribution in [-0.2, 0) is 4.79 Å². The van der Waals surface area contributed by atoms with E-state index >= 15 is 0 Å². The van der Waals surface area contributed by atoms with Crippen molar-refractivity contribution in [3.8, 4) is 0 Å². The summed E-state index contributed by atoms with van der Waals surface area (Å²) >= 11 is 0. The van der Waals surface area contributed by atoms with Crippen molar-refractivity contribution < 1.29 is 20.1 Å². The minimum absolute atomic E-state index is 0.159. The van der Waals surface area contributed by atoms with Crippen molar-refractivity contribution >= 4 is 5.91 Å². The van der Waals surface area contributed by atoms with Gasteiger partial charge < -0.3 is 20.6 Å². The Morgan fingerprint density at radius 3 is 1.11 bits per heavy atom. The summed E-state index contributed by atoms with van der Waals surface area (Å²) in [5.41, 5.74) is 0. The van der Waals surface area contributed by atoms with Crippen molar-refractivity contribution in [3.05, 3.63) is 36.5 Å². The molecule has 324 valence electrons. The van der Waals surface area contributed by atoms with Gasteiger partial charge in [-0.3, -0.25) is 4.79 Å². The van der Waals surface area contributed by atoms with Gasteiger partial charge in [-0.15, -0.1) is 0 Å². The molecule has 0 saturated heterocycles. The minimum Gasteiger partial charge on any atom is -0.394 e. The van der Waals surface area contributed by atoms with Crippen molar-refractivity contribution in [1.82, 2.24) is 5.32 Å². The summed E-state index contributed by atoms with van der Waals surface area (Å²) in [6.07, 6.45) is 57.0. The average molecular weight is 774 g/mol. The second kappa shape index (κ2) is 45.3. The summed E-state index contributed by atoms with van der Waals surface area (Å²) in [5, 5.41) is 33.6. The molecule has 55 heavy (non-hydrogen) atoms. The van der Waals surface area contributed by atoms with Gasteiger partial charge in [0.25, 0.3) is 0 Å². The summed E-state index contributed by atoms with van der Waals surface area (Å²) in [4.78, 5) is 12.5. The van der Waals surface area contributed by atoms with Crippen molar-refractivity contribution in [3.63, 3.8) is 0 Å². The molecule has 0 saturated carbocycles. The lowest BCUT2D eigenvalue weighted by atomic mass is 10.0. The first-order valence-electron chi connectivity index (χ1n) is 24.3. The fourth-order valence-corrected chi connectivity index (χ4v) is 7.41. The number of allylic oxidation sites excluding steroid dienone is 6. The van der Waals surface area contributed by atoms with E-state index in [-0.39, 0.29) is 12.5 Å². The summed E-state index contributed by atoms with van der Waals surface area (Å²) in [6, 6.07) is -0.833. The number of aliphatic hydroxyl groups is 3. The highest BCUT2D eigenvalue weighted by Crippen LogP contribution is 2.15. The van der Waals surface area contributed by atoms with Crippen LogP contribution in [0.1, 0.15) is 251 Å². The smallest absolute Gasteiger partial charge is 0.220 e. The van der Waals surface area contributed by atoms with Gasteiger partial charge >= 0.3 is 0 Å². The fraction of sp³-hybridized carbons (Fsp3) is 0.860. The lowest BCUT2D eigenvalue weighted by Gasteiger charge is -2.26. The number of unbranched alkanes of at least 4 members (excludes halogenated alkanes) is 30. The molecular formula is C50H95NO4. The van der Waals surface area contributed by atoms with Crippen LogP contribution in [0.5, 0.6) is 0 Å². The van der Waals surface area contributed by atoms with Crippen molar-refractivity contribution in [2.24, 2.45) is 0 Å². The van der Waals surface area contributed by atoms with Gasteiger partial charge in [0.1, 0.15) is 6.10 Å². The van der Waals surface area contributed by atoms with Gasteiger partial charge in [0, 0.05) is 6.42 Å². The zero-order chi connectivity index (χ0) is 40.1. The molecule has 0 spiro atoms. The van der Waals surface area contributed by atoms with Crippen LogP contribution in [0.15, 0.2) is 36.5 Å². The number of hydrogen-bond acceptors (Lipinski definition) is 4. The van der Waals surface area contributed by atoms with Gasteiger partial charge in [0.15, 0.2) is 0 Å². The van der Waals surface area contributed by atoms with Crippen LogP contribution >= 0.6 is 0 Å². The molecule has 0 heterocycles. The Kier molecular flexibility index (Phi) is 44.1. The van der Waals surface area contributed by atoms with E-state index in [4.69, 9.17) is 0 Å². The molecule has 0 fully saturated rings. The molecule has 3 unspecified atom stereocenters. The first kappa shape index (κ1) is 53.6. The van der Waals surface area contributed by atoms with E-state index in [0.717, 1.165) is 44.9 Å². The van der Waals surface area contributed by atoms with Crippen LogP contribution in [0.25, 0.3) is 0 Å². The second-order valence-electron chi connectivity index (χ2n) is 16.6. The molecule has 0 aromatic rings. The summed E-state index contributed by atoms with van der Waals surface area (Å²) < 4.78 is 0. The Hall–Kier alpha value is -1.43. The van der Waals surface area contributed by atoms with Crippen molar-refractivity contribution in [1.29, 1.82) is 0 Å². The quantitative estimate of drug-likeness (QED) is 0.0367. The molecule has 5 heteroatoms. The number of carbonyl (C=O) groups excluding carboxylic acids is 1. The number of aliphatic hydroxyl groups excluding tert-OH is 3. The minimum atomic E-state index is -1.17. The largest absolute Gasteiger partial charge is 0.394 e. The van der Waals surface area contributed by atoms with Crippen LogP contribution in [0.4, 0.5) is 0 Å². The number of amides is 1. The fourth-order valence-electron chi connectivity index (χ4n) is 7.41. The van der Waals surface area contributed by atoms with Crippen LogP contribution < -0.4 is 5.32 Å². The molecule has 0 aromatic carbocycles. The lowest BCUT2D eigenvalue weighted by molar-refractivity contribution is -0.124. The number of carbonyl (C=O) groups is 1. The Morgan fingerprint density at radius 1 is 0.436 bits per heavy atom. The van der Waals surface area contributed by atoms with Crippen molar-refractivity contribution in [2.75, 3.05) is 6.61 Å². The first-order chi connectivity index (χ1) is 27.1. The Balaban J connectivity index is 3.62. The molecule has 0 aromatic heterocycles. The van der Waals surface area contributed by atoms with E-state index in [1.54, 1.807) is 0 Å². The maximum absolute atomic E-state index is 12.5. The van der Waals surface area contributed by atoms with Crippen LogP contribution in [0.2, 0.25) is 0 Å². The maximum atomic E-state index is 12.5. The lowest BCUT2D eigenvalue weighted by Crippen LogP contribution is -2.50. The average Bonchev–Trinajstić information content (AvgIpc) is 3.19. The highest BCUT2D eigenvalue weighted by atomic mass is 16.3. The molecule has 3 atom stereocenters. The molecule has 0 bridgehead atoms. The molecule has 0 aliphatic heterocycles. The summed E-state index contributed by atoms with van der Waals surface area (Å²) in [5.74, 6) is -0.159. The van der Waals surface area contributed by atoms with Gasteiger partial charge in [-0.1, -0.05) is 204 Å². The van der Waals surface area contributed by atoms with Gasteiger partial charge in [-0.05, 0) is 77.0 Å². The zero-order valence-corrected chi connectivity index (χ0v) is 36.8. The predicted molar refractivity (Wildman–Crippen MR) is 241 cm³/mol. The summed E-state index contributed by atoms with van der Waals surface area (Å²) in [6.45, 7) is 4.17. The second-order valence-corrected chi connectivity index (χ2v) is 16.6. The van der Waals surface area contributed by atoms with E-state index in [1.807, 2.05) is 0 Å². The van der Waals surface area contributed by atoms with E-state index in [1.165, 1.54) is 180 Å². The molecule has 0 radical (unpaired) electrons. The normalized spacial score (nSPS) is 13.8. The number of rotatable bonds is 44. The van der Waals surface area contributed by atoms with Crippen LogP contribution in [0, 0.1) is 0 Å². The van der Waals surface area contributed by atoms with Gasteiger partial charge in [0.05, 0.1) is 18.8 Å². The van der Waals surface area contributed by atoms with E-state index in [2.05, 4.69) is 55.6 Å². The SMILES string of the molecule is CCCCCCCCC/C=C/CC/C=C/CCCC(O)C(O)C(CO)NC(=O)CCCCCCCCCCC/C=C\CCCCCCCCCCCCCC. The molecule has 0 aliphatic carbocycles. The summed E-state index contributed by atoms with van der Waals surface area (Å²) in [7, 11) is 0. The topological polar surface area (TPSA) is 89.8 Å². The standard InChI is InChI=1S/C50H95NO4/c1-3-5-7-9-11-13-15-17-19-21-22-23-24-25-26-27-28-29-31-33-35-37-39-41-43-45-49(54)51-47(46-52)50(55)48(53)44-42-40-38-36-34-32-30-20-18-16-14-12-10-8-6-4-2/h20,25-26,30,36,38,47-48,50,52-53,55H,3-19,21-24,27-29,31-35,37,39-46H2,1-2H3,(H,51,54)/b26-25-,30-20+,38-36+. The van der Waals surface area contributed by atoms with Crippen LogP contribution in [0.3, 0.4) is 0 Å². The molecular weight excluding hydrogens is 679 g/mol. The molecule has 5 nitrogen and oxygen atoms in total. The van der Waals surface area contributed by atoms with E-state index in [9.17, 15) is 20.1 Å². The van der Waals surface area contributed by atoms with Gasteiger partial charge in [-0.25, -0.2) is 0 Å². The molecule has 0 aliphatic rings. The highest BCUT2D eigenvalue weighted by molar-refractivity contribution is 5.76. The third kappa shape index (κ3) is 40.6. The number of nitrogens with one attached hydrogen (secondary N) is 1. The third-order valence-corrected chi connectivity index (χ3v) is 11.2. The van der Waals surface area contributed by atoms with E-state index in [0.29, 0.717) is 12.8 Å². The maximum Gasteiger partial charge on any atom is 0.220 e.